The standard InChI is InChI=1S/C22H22N2O4/c1-14-16-8-3-5-11-19(16)28-20(14)22(26)24-18-10-4-2-9-17(18)21(25)23-13-15-7-6-12-27-15/h2-5,8-11,15H,6-7,12-13H2,1H3,(H,23,25)(H,24,26). The lowest BCUT2D eigenvalue weighted by atomic mass is 10.1. The van der Waals surface area contributed by atoms with Crippen molar-refractivity contribution in [1.29, 1.82) is 0 Å². The van der Waals surface area contributed by atoms with Crippen molar-refractivity contribution >= 4 is 28.5 Å². The third-order valence-corrected chi connectivity index (χ3v) is 4.98. The lowest BCUT2D eigenvalue weighted by molar-refractivity contribution is 0.0858. The van der Waals surface area contributed by atoms with Crippen molar-refractivity contribution in [2.75, 3.05) is 18.5 Å². The number of nitrogens with one attached hydrogen (secondary N) is 2. The topological polar surface area (TPSA) is 80.6 Å². The van der Waals surface area contributed by atoms with Gasteiger partial charge in [-0.3, -0.25) is 9.59 Å². The van der Waals surface area contributed by atoms with Crippen molar-refractivity contribution in [2.45, 2.75) is 25.9 Å². The van der Waals surface area contributed by atoms with Crippen molar-refractivity contribution in [2.24, 2.45) is 0 Å². The van der Waals surface area contributed by atoms with Gasteiger partial charge in [0.2, 0.25) is 0 Å². The third-order valence-electron chi connectivity index (χ3n) is 4.98. The number of para-hydroxylation sites is 2. The smallest absolute Gasteiger partial charge is 0.291 e. The average Bonchev–Trinajstić information content (AvgIpc) is 3.35. The Morgan fingerprint density at radius 2 is 1.86 bits per heavy atom. The van der Waals surface area contributed by atoms with Gasteiger partial charge in [-0.2, -0.15) is 0 Å². The fraction of sp³-hybridized carbons (Fsp3) is 0.273. The Morgan fingerprint density at radius 3 is 2.64 bits per heavy atom. The summed E-state index contributed by atoms with van der Waals surface area (Å²) in [6.07, 6.45) is 2.03. The number of fused-ring (bicyclic) bond motifs is 1. The molecule has 1 aromatic heterocycles. The Kier molecular flexibility index (Phi) is 5.12. The molecule has 144 valence electrons. The maximum absolute atomic E-state index is 12.8. The molecule has 3 aromatic rings. The zero-order valence-corrected chi connectivity index (χ0v) is 15.7. The Hall–Kier alpha value is -3.12. The summed E-state index contributed by atoms with van der Waals surface area (Å²) >= 11 is 0. The molecule has 1 unspecified atom stereocenters. The molecule has 2 aromatic carbocycles. The third kappa shape index (κ3) is 3.64. The molecule has 2 amide bonds. The number of hydrogen-bond acceptors (Lipinski definition) is 4. The first kappa shape index (κ1) is 18.3. The van der Waals surface area contributed by atoms with E-state index in [-0.39, 0.29) is 23.7 Å². The van der Waals surface area contributed by atoms with Gasteiger partial charge in [0.25, 0.3) is 11.8 Å². The fourth-order valence-electron chi connectivity index (χ4n) is 3.47. The van der Waals surface area contributed by atoms with E-state index < -0.39 is 0 Å². The van der Waals surface area contributed by atoms with Crippen LogP contribution in [0.5, 0.6) is 0 Å². The molecule has 1 atom stereocenters. The van der Waals surface area contributed by atoms with Crippen molar-refractivity contribution in [3.63, 3.8) is 0 Å². The summed E-state index contributed by atoms with van der Waals surface area (Å²) in [6, 6.07) is 14.4. The van der Waals surface area contributed by atoms with Gasteiger partial charge in [-0.1, -0.05) is 30.3 Å². The van der Waals surface area contributed by atoms with E-state index in [0.717, 1.165) is 30.4 Å². The molecule has 0 bridgehead atoms. The monoisotopic (exact) mass is 378 g/mol. The molecule has 0 spiro atoms. The highest BCUT2D eigenvalue weighted by Gasteiger charge is 2.21. The van der Waals surface area contributed by atoms with Crippen LogP contribution in [0.3, 0.4) is 0 Å². The number of amides is 2. The van der Waals surface area contributed by atoms with Crippen LogP contribution in [0.25, 0.3) is 11.0 Å². The molecular weight excluding hydrogens is 356 g/mol. The summed E-state index contributed by atoms with van der Waals surface area (Å²) in [7, 11) is 0. The zero-order valence-electron chi connectivity index (χ0n) is 15.7. The quantitative estimate of drug-likeness (QED) is 0.706. The summed E-state index contributed by atoms with van der Waals surface area (Å²) in [4.78, 5) is 25.4. The number of aryl methyl sites for hydroxylation is 1. The molecule has 28 heavy (non-hydrogen) atoms. The van der Waals surface area contributed by atoms with Gasteiger partial charge in [0.1, 0.15) is 5.58 Å². The number of furan rings is 1. The van der Waals surface area contributed by atoms with Crippen molar-refractivity contribution in [3.05, 3.63) is 65.4 Å². The first-order valence-electron chi connectivity index (χ1n) is 9.42. The second-order valence-corrected chi connectivity index (χ2v) is 6.90. The Morgan fingerprint density at radius 1 is 1.07 bits per heavy atom. The summed E-state index contributed by atoms with van der Waals surface area (Å²) in [6.45, 7) is 3.05. The molecule has 0 saturated carbocycles. The second-order valence-electron chi connectivity index (χ2n) is 6.90. The van der Waals surface area contributed by atoms with Crippen LogP contribution in [0.4, 0.5) is 5.69 Å². The number of carbonyl (C=O) groups is 2. The summed E-state index contributed by atoms with van der Waals surface area (Å²) in [5.74, 6) is -0.378. The average molecular weight is 378 g/mol. The molecule has 2 N–H and O–H groups in total. The minimum atomic E-state index is -0.381. The van der Waals surface area contributed by atoms with Gasteiger partial charge < -0.3 is 19.8 Å². The van der Waals surface area contributed by atoms with E-state index in [1.54, 1.807) is 24.3 Å². The molecule has 6 nitrogen and oxygen atoms in total. The van der Waals surface area contributed by atoms with Crippen molar-refractivity contribution < 1.29 is 18.7 Å². The van der Waals surface area contributed by atoms with Gasteiger partial charge in [0.05, 0.1) is 17.4 Å². The van der Waals surface area contributed by atoms with Gasteiger partial charge >= 0.3 is 0 Å². The van der Waals surface area contributed by atoms with Gasteiger partial charge in [-0.25, -0.2) is 0 Å². The highest BCUT2D eigenvalue weighted by Crippen LogP contribution is 2.26. The molecule has 1 fully saturated rings. The normalized spacial score (nSPS) is 16.2. The van der Waals surface area contributed by atoms with Crippen LogP contribution in [0.2, 0.25) is 0 Å². The predicted molar refractivity (Wildman–Crippen MR) is 107 cm³/mol. The molecular formula is C22H22N2O4. The van der Waals surface area contributed by atoms with E-state index >= 15 is 0 Å². The molecule has 0 radical (unpaired) electrons. The van der Waals surface area contributed by atoms with Crippen LogP contribution in [-0.2, 0) is 4.74 Å². The number of carbonyl (C=O) groups excluding carboxylic acids is 2. The largest absolute Gasteiger partial charge is 0.451 e. The summed E-state index contributed by atoms with van der Waals surface area (Å²) in [5, 5.41) is 6.60. The Labute approximate surface area is 162 Å². The number of rotatable bonds is 5. The minimum absolute atomic E-state index is 0.0592. The zero-order chi connectivity index (χ0) is 19.5. The van der Waals surface area contributed by atoms with Crippen molar-refractivity contribution in [1.82, 2.24) is 5.32 Å². The lowest BCUT2D eigenvalue weighted by Crippen LogP contribution is -2.32. The molecule has 1 aliphatic rings. The molecule has 4 rings (SSSR count). The van der Waals surface area contributed by atoms with Crippen LogP contribution in [0, 0.1) is 6.92 Å². The first-order chi connectivity index (χ1) is 13.6. The van der Waals surface area contributed by atoms with Gasteiger partial charge in [0, 0.05) is 24.1 Å². The minimum Gasteiger partial charge on any atom is -0.451 e. The molecule has 1 saturated heterocycles. The molecule has 0 aliphatic carbocycles. The molecule has 1 aliphatic heterocycles. The van der Waals surface area contributed by atoms with Crippen LogP contribution in [-0.4, -0.2) is 31.1 Å². The van der Waals surface area contributed by atoms with E-state index in [9.17, 15) is 9.59 Å². The van der Waals surface area contributed by atoms with Gasteiger partial charge in [0.15, 0.2) is 5.76 Å². The Balaban J connectivity index is 1.52. The number of benzene rings is 2. The van der Waals surface area contributed by atoms with E-state index in [2.05, 4.69) is 10.6 Å². The van der Waals surface area contributed by atoms with E-state index in [4.69, 9.17) is 9.15 Å². The van der Waals surface area contributed by atoms with Crippen LogP contribution < -0.4 is 10.6 Å². The lowest BCUT2D eigenvalue weighted by Gasteiger charge is -2.13. The molecule has 2 heterocycles. The van der Waals surface area contributed by atoms with Gasteiger partial charge in [-0.05, 0) is 38.0 Å². The maximum Gasteiger partial charge on any atom is 0.291 e. The predicted octanol–water partition coefficient (Wildman–Crippen LogP) is 3.90. The number of anilines is 1. The van der Waals surface area contributed by atoms with E-state index in [1.807, 2.05) is 31.2 Å². The SMILES string of the molecule is Cc1c(C(=O)Nc2ccccc2C(=O)NCC2CCCO2)oc2ccccc12. The van der Waals surface area contributed by atoms with E-state index in [0.29, 0.717) is 23.4 Å². The first-order valence-corrected chi connectivity index (χ1v) is 9.42. The van der Waals surface area contributed by atoms with E-state index in [1.165, 1.54) is 0 Å². The van der Waals surface area contributed by atoms with Crippen LogP contribution in [0.1, 0.15) is 39.3 Å². The molecule has 6 heteroatoms. The fourth-order valence-corrected chi connectivity index (χ4v) is 3.47. The number of hydrogen-bond donors (Lipinski definition) is 2. The van der Waals surface area contributed by atoms with Gasteiger partial charge in [-0.15, -0.1) is 0 Å². The van der Waals surface area contributed by atoms with Crippen LogP contribution >= 0.6 is 0 Å². The van der Waals surface area contributed by atoms with Crippen LogP contribution in [0.15, 0.2) is 52.9 Å². The highest BCUT2D eigenvalue weighted by atomic mass is 16.5. The van der Waals surface area contributed by atoms with Crippen molar-refractivity contribution in [3.8, 4) is 0 Å². The summed E-state index contributed by atoms with van der Waals surface area (Å²) < 4.78 is 11.3. The maximum atomic E-state index is 12.8. The Bertz CT molecular complexity index is 1020. The second kappa shape index (κ2) is 7.86. The highest BCUT2D eigenvalue weighted by molar-refractivity contribution is 6.10. The summed E-state index contributed by atoms with van der Waals surface area (Å²) in [5.41, 5.74) is 2.28. The number of ether oxygens (including phenoxy) is 1.